The van der Waals surface area contributed by atoms with Crippen molar-refractivity contribution in [3.05, 3.63) is 29.8 Å². The van der Waals surface area contributed by atoms with E-state index in [2.05, 4.69) is 101 Å². The minimum absolute atomic E-state index is 0.00797. The molecule has 0 radical (unpaired) electrons. The summed E-state index contributed by atoms with van der Waals surface area (Å²) in [5, 5.41) is 55.7. The fourth-order valence-corrected chi connectivity index (χ4v) is 11.1. The lowest BCUT2D eigenvalue weighted by molar-refractivity contribution is -0.141. The number of nitrogens with two attached hydrogens (primary N) is 3. The Balaban J connectivity index is 1.81. The number of nitrogens with zero attached hydrogens (tertiary/aromatic N) is 1. The molecule has 664 valence electrons. The number of hydrogen-bond acceptors (Lipinski definition) is 24. The summed E-state index contributed by atoms with van der Waals surface area (Å²) in [6.45, 7) is 18.8. The van der Waals surface area contributed by atoms with Crippen LogP contribution in [0.3, 0.4) is 0 Å². The molecule has 1 aromatic carbocycles. The summed E-state index contributed by atoms with van der Waals surface area (Å²) in [4.78, 5) is 274. The van der Waals surface area contributed by atoms with Gasteiger partial charge in [0.25, 0.3) is 0 Å². The van der Waals surface area contributed by atoms with Crippen LogP contribution in [0.2, 0.25) is 0 Å². The Morgan fingerprint density at radius 2 is 0.647 bits per heavy atom. The zero-order chi connectivity index (χ0) is 90.4. The van der Waals surface area contributed by atoms with Crippen molar-refractivity contribution in [1.29, 1.82) is 0 Å². The molecule has 45 nitrogen and oxygen atoms in total. The molecule has 0 bridgehead atoms. The van der Waals surface area contributed by atoms with Crippen LogP contribution in [-0.4, -0.2) is 276 Å². The normalized spacial score (nSPS) is 16.5. The number of carbonyl (C=O) groups excluding carboxylic acids is 21. The predicted molar refractivity (Wildman–Crippen MR) is 426 cm³/mol. The van der Waals surface area contributed by atoms with Gasteiger partial charge in [0, 0.05) is 19.9 Å². The van der Waals surface area contributed by atoms with Crippen LogP contribution in [0.25, 0.3) is 0 Å². The molecule has 0 spiro atoms. The minimum Gasteiger partial charge on any atom is -0.508 e. The lowest BCUT2D eigenvalue weighted by atomic mass is 10.0. The summed E-state index contributed by atoms with van der Waals surface area (Å²) in [6, 6.07) is -16.2. The van der Waals surface area contributed by atoms with Gasteiger partial charge in [0.2, 0.25) is 124 Å². The zero-order valence-corrected chi connectivity index (χ0v) is 69.8. The molecule has 119 heavy (non-hydrogen) atoms. The Hall–Kier alpha value is -12.2. The highest BCUT2D eigenvalue weighted by Gasteiger charge is 2.39. The number of unbranched alkanes of at least 4 members (excludes halogenated alkanes) is 2. The first-order chi connectivity index (χ1) is 55.6. The van der Waals surface area contributed by atoms with Gasteiger partial charge in [-0.2, -0.15) is 0 Å². The van der Waals surface area contributed by atoms with Gasteiger partial charge < -0.3 is 128 Å². The molecule has 26 N–H and O–H groups in total. The fourth-order valence-electron chi connectivity index (χ4n) is 11.1. The Labute approximate surface area is 689 Å². The van der Waals surface area contributed by atoms with E-state index in [1.807, 2.05) is 0 Å². The highest BCUT2D eigenvalue weighted by molar-refractivity contribution is 6.01. The zero-order valence-electron chi connectivity index (χ0n) is 69.8. The minimum atomic E-state index is -1.31. The second-order valence-electron chi connectivity index (χ2n) is 29.2. The smallest absolute Gasteiger partial charge is 0.245 e. The largest absolute Gasteiger partial charge is 0.508 e. The molecule has 1 aliphatic rings. The number of nitrogens with one attached hydrogen (secondary N) is 19. The van der Waals surface area contributed by atoms with Gasteiger partial charge in [-0.1, -0.05) is 12.1 Å². The number of carbonyl (C=O) groups is 21. The first-order valence-electron chi connectivity index (χ1n) is 39.1. The third-order valence-electron chi connectivity index (χ3n) is 18.5. The molecule has 0 aromatic heterocycles. The topological polar surface area (TPSA) is 689 Å². The maximum atomic E-state index is 13.7. The number of aromatic hydroxyl groups is 1. The van der Waals surface area contributed by atoms with Gasteiger partial charge in [0.05, 0.1) is 13.1 Å². The summed E-state index contributed by atoms with van der Waals surface area (Å²) >= 11 is 0. The second-order valence-corrected chi connectivity index (χ2v) is 29.2. The van der Waals surface area contributed by atoms with Crippen molar-refractivity contribution in [2.24, 2.45) is 17.2 Å². The van der Waals surface area contributed by atoms with Crippen LogP contribution in [0, 0.1) is 0 Å². The molecular weight excluding hydrogens is 1560 g/mol. The van der Waals surface area contributed by atoms with E-state index in [9.17, 15) is 106 Å². The highest BCUT2D eigenvalue weighted by atomic mass is 16.3. The number of amides is 21. The molecule has 1 heterocycles. The molecule has 0 aliphatic carbocycles. The van der Waals surface area contributed by atoms with Crippen LogP contribution in [0.4, 0.5) is 0 Å². The SMILES string of the molecule is CC(=O)N[C@@H](Cc1ccc(O)cc1)C(=O)NCC(=O)N[C@@H](CCCCN)C(=O)N[C@@H](C)C(=O)N[C@@H](C)C(=O)N[C@@H](C)C(=O)N[C@@H](C)C(=O)N[C@@H](C)C(=O)N[C@@H](C)C(=O)N[C@@H](C)C(=O)N1CCC[C@@H]1C(=O)NCC(=O)N[C@@H](C)C(=O)N[C@@H](C)C(=O)N[C@@H](C)C(=O)N[C@@H](C)C(=O)N[C@@H](C)C(=O)N[C@@H](C)C(=O)N[C@@H](C)C(=O)N[C@@H](CCCCN)C(N)=O. The van der Waals surface area contributed by atoms with Crippen molar-refractivity contribution in [2.45, 2.75) is 270 Å². The Kier molecular flexibility index (Phi) is 44.2. The van der Waals surface area contributed by atoms with E-state index >= 15 is 0 Å². The Bertz CT molecular complexity index is 3790. The molecule has 18 atom stereocenters. The molecule has 1 aliphatic heterocycles. The van der Waals surface area contributed by atoms with E-state index in [1.54, 1.807) is 12.1 Å². The molecular formula is C74H121N23O22. The van der Waals surface area contributed by atoms with Gasteiger partial charge in [-0.3, -0.25) is 101 Å². The average Bonchev–Trinajstić information content (AvgIpc) is 1.04. The van der Waals surface area contributed by atoms with Crippen LogP contribution in [0.5, 0.6) is 5.75 Å². The first kappa shape index (κ1) is 103. The lowest BCUT2D eigenvalue weighted by Crippen LogP contribution is -2.58. The van der Waals surface area contributed by atoms with Crippen LogP contribution in [-0.2, 0) is 107 Å². The maximum absolute atomic E-state index is 13.7. The number of phenolic OH excluding ortho intramolecular Hbond substituents is 1. The maximum Gasteiger partial charge on any atom is 0.245 e. The van der Waals surface area contributed by atoms with Crippen molar-refractivity contribution in [1.82, 2.24) is 106 Å². The van der Waals surface area contributed by atoms with Gasteiger partial charge in [-0.05, 0) is 179 Å². The van der Waals surface area contributed by atoms with Gasteiger partial charge in [0.1, 0.15) is 115 Å². The van der Waals surface area contributed by atoms with E-state index in [-0.39, 0.29) is 44.5 Å². The van der Waals surface area contributed by atoms with Gasteiger partial charge in [-0.25, -0.2) is 0 Å². The predicted octanol–water partition coefficient (Wildman–Crippen LogP) is -9.56. The van der Waals surface area contributed by atoms with E-state index in [4.69, 9.17) is 17.2 Å². The molecule has 2 rings (SSSR count). The van der Waals surface area contributed by atoms with Crippen molar-refractivity contribution in [3.8, 4) is 5.75 Å². The van der Waals surface area contributed by atoms with E-state index in [1.165, 1.54) is 121 Å². The highest BCUT2D eigenvalue weighted by Crippen LogP contribution is 2.19. The summed E-state index contributed by atoms with van der Waals surface area (Å²) in [5.41, 5.74) is 17.1. The fraction of sp³-hybridized carbons (Fsp3) is 0.635. The summed E-state index contributed by atoms with van der Waals surface area (Å²) in [7, 11) is 0. The Morgan fingerprint density at radius 1 is 0.353 bits per heavy atom. The van der Waals surface area contributed by atoms with E-state index in [0.29, 0.717) is 44.2 Å². The molecule has 1 saturated heterocycles. The van der Waals surface area contributed by atoms with E-state index < -0.39 is 246 Å². The molecule has 0 saturated carbocycles. The van der Waals surface area contributed by atoms with Gasteiger partial charge in [-0.15, -0.1) is 0 Å². The molecule has 0 unspecified atom stereocenters. The standard InChI is InChI=1S/C74H121N23O22/c1-34(58(103)81-35(2)59(104)82-36(3)60(105)83-37(4)61(106)85-40(7)64(109)88-43(10)67(112)91-46(13)70(115)96-51(57(77)102)21-16-18-28-75)80-55(100)32-79-73(118)54-23-20-30-97(54)74(119)47(14)93-69(114)44(11)90-66(111)41(8)87-63(108)38(5)84-62(107)39(6)86-65(110)42(9)89-68(113)45(12)92-72(117)52(22-17-19-29-76)95-56(101)33-78-71(116)53(94-48(15)98)31-49-24-26-50(99)27-25-49/h24-27,34-47,51-54,99H,16-23,28-33,75-76H2,1-15H3,(H2,77,102)(H,78,116)(H,79,118)(H,80,100)(H,81,103)(H,82,104)(H,83,105)(H,84,107)(H,85,106)(H,86,110)(H,87,108)(H,88,109)(H,89,113)(H,90,111)(H,91,112)(H,92,117)(H,93,114)(H,94,98)(H,95,101)(H,96,115)/t34-,35-,36-,37-,38-,39-,40-,41-,42-,43-,44-,45-,46-,47-,51-,52-,53-,54+/m0/s1. The summed E-state index contributed by atoms with van der Waals surface area (Å²) in [6.07, 6.45) is 2.84. The van der Waals surface area contributed by atoms with Gasteiger partial charge in [0.15, 0.2) is 0 Å². The van der Waals surface area contributed by atoms with Crippen LogP contribution in [0.1, 0.15) is 161 Å². The summed E-state index contributed by atoms with van der Waals surface area (Å²) < 4.78 is 0. The lowest BCUT2D eigenvalue weighted by Gasteiger charge is -2.28. The van der Waals surface area contributed by atoms with Crippen molar-refractivity contribution >= 4 is 124 Å². The molecule has 45 heteroatoms. The molecule has 1 aromatic rings. The monoisotopic (exact) mass is 1680 g/mol. The first-order valence-corrected chi connectivity index (χ1v) is 39.1. The number of rotatable bonds is 49. The van der Waals surface area contributed by atoms with E-state index in [0.717, 1.165) is 0 Å². The number of hydrogen-bond donors (Lipinski definition) is 23. The van der Waals surface area contributed by atoms with Crippen LogP contribution in [0.15, 0.2) is 24.3 Å². The number of phenols is 1. The van der Waals surface area contributed by atoms with Crippen LogP contribution < -0.4 is 118 Å². The summed E-state index contributed by atoms with van der Waals surface area (Å²) in [5.74, 6) is -16.6. The molecule has 1 fully saturated rings. The van der Waals surface area contributed by atoms with Gasteiger partial charge >= 0.3 is 0 Å². The van der Waals surface area contributed by atoms with Crippen molar-refractivity contribution < 1.29 is 106 Å². The number of likely N-dealkylation sites (tertiary alicyclic amines) is 1. The van der Waals surface area contributed by atoms with Crippen molar-refractivity contribution in [3.63, 3.8) is 0 Å². The van der Waals surface area contributed by atoms with Crippen molar-refractivity contribution in [2.75, 3.05) is 32.7 Å². The third-order valence-corrected chi connectivity index (χ3v) is 18.5. The second kappa shape index (κ2) is 51.1. The third kappa shape index (κ3) is 36.9. The number of benzene rings is 1. The number of primary amides is 1. The molecule has 21 amide bonds. The Morgan fingerprint density at radius 3 is 0.975 bits per heavy atom. The van der Waals surface area contributed by atoms with Crippen LogP contribution >= 0.6 is 0 Å². The quantitative estimate of drug-likeness (QED) is 0.0269. The average molecular weight is 1680 g/mol.